The summed E-state index contributed by atoms with van der Waals surface area (Å²) in [7, 11) is 0. The molecular weight excluding hydrogens is 150 g/mol. The molecule has 0 saturated heterocycles. The van der Waals surface area contributed by atoms with E-state index in [4.69, 9.17) is 0 Å². The maximum Gasteiger partial charge on any atom is 0.248 e. The second kappa shape index (κ2) is 3.07. The standard InChI is InChI=1S/C5H5N3OS/c1-2-5(9)6-4-3-10-8-7-4/h2-3H,1H2,(H,6,9). The van der Waals surface area contributed by atoms with Crippen molar-refractivity contribution in [1.82, 2.24) is 9.59 Å². The third-order valence-electron chi connectivity index (χ3n) is 0.797. The van der Waals surface area contributed by atoms with Gasteiger partial charge in [-0.25, -0.2) is 0 Å². The van der Waals surface area contributed by atoms with Gasteiger partial charge < -0.3 is 5.32 Å². The van der Waals surface area contributed by atoms with Crippen molar-refractivity contribution in [3.63, 3.8) is 0 Å². The van der Waals surface area contributed by atoms with Gasteiger partial charge in [-0.3, -0.25) is 4.79 Å². The number of carbonyl (C=O) groups is 1. The number of amides is 1. The minimum Gasteiger partial charge on any atom is -0.305 e. The number of hydrogen-bond donors (Lipinski definition) is 1. The molecule has 10 heavy (non-hydrogen) atoms. The molecule has 0 radical (unpaired) electrons. The second-order valence-electron chi connectivity index (χ2n) is 1.48. The van der Waals surface area contributed by atoms with E-state index in [1.54, 1.807) is 5.38 Å². The number of nitrogens with zero attached hydrogens (tertiary/aromatic N) is 2. The predicted octanol–water partition coefficient (Wildman–Crippen LogP) is 0.663. The van der Waals surface area contributed by atoms with Crippen molar-refractivity contribution in [2.24, 2.45) is 0 Å². The fraction of sp³-hybridized carbons (Fsp3) is 0. The van der Waals surface area contributed by atoms with E-state index in [2.05, 4.69) is 21.5 Å². The second-order valence-corrected chi connectivity index (χ2v) is 2.09. The molecule has 0 aromatic carbocycles. The molecule has 52 valence electrons. The third-order valence-corrected chi connectivity index (χ3v) is 1.30. The summed E-state index contributed by atoms with van der Waals surface area (Å²) in [5.41, 5.74) is 0. The normalized spacial score (nSPS) is 8.80. The van der Waals surface area contributed by atoms with Crippen LogP contribution in [0.5, 0.6) is 0 Å². The van der Waals surface area contributed by atoms with Gasteiger partial charge in [0.15, 0.2) is 5.82 Å². The van der Waals surface area contributed by atoms with Gasteiger partial charge in [-0.2, -0.15) is 0 Å². The number of nitrogens with one attached hydrogen (secondary N) is 1. The van der Waals surface area contributed by atoms with Crippen molar-refractivity contribution in [2.45, 2.75) is 0 Å². The maximum absolute atomic E-state index is 10.6. The van der Waals surface area contributed by atoms with Crippen LogP contribution in [0.1, 0.15) is 0 Å². The van der Waals surface area contributed by atoms with E-state index in [1.807, 2.05) is 0 Å². The highest BCUT2D eigenvalue weighted by Crippen LogP contribution is 2.02. The highest BCUT2D eigenvalue weighted by atomic mass is 32.1. The van der Waals surface area contributed by atoms with Crippen LogP contribution in [-0.4, -0.2) is 15.5 Å². The summed E-state index contributed by atoms with van der Waals surface area (Å²) >= 11 is 1.18. The Morgan fingerprint density at radius 3 is 3.20 bits per heavy atom. The number of aromatic nitrogens is 2. The average Bonchev–Trinajstić information content (AvgIpc) is 2.40. The Bertz CT molecular complexity index is 231. The summed E-state index contributed by atoms with van der Waals surface area (Å²) in [5, 5.41) is 7.68. The zero-order valence-electron chi connectivity index (χ0n) is 5.07. The van der Waals surface area contributed by atoms with Gasteiger partial charge in [0.05, 0.1) is 5.38 Å². The Labute approximate surface area is 61.7 Å². The van der Waals surface area contributed by atoms with E-state index in [9.17, 15) is 4.79 Å². The molecule has 1 aromatic heterocycles. The van der Waals surface area contributed by atoms with Crippen molar-refractivity contribution in [2.75, 3.05) is 5.32 Å². The Kier molecular flexibility index (Phi) is 2.11. The van der Waals surface area contributed by atoms with E-state index in [0.717, 1.165) is 0 Å². The summed E-state index contributed by atoms with van der Waals surface area (Å²) in [6, 6.07) is 0. The Hall–Kier alpha value is -1.23. The molecule has 0 aliphatic heterocycles. The number of anilines is 1. The molecule has 4 nitrogen and oxygen atoms in total. The fourth-order valence-electron chi connectivity index (χ4n) is 0.396. The van der Waals surface area contributed by atoms with Gasteiger partial charge >= 0.3 is 0 Å². The first-order valence-electron chi connectivity index (χ1n) is 2.53. The molecule has 1 heterocycles. The zero-order valence-corrected chi connectivity index (χ0v) is 5.89. The topological polar surface area (TPSA) is 54.9 Å². The maximum atomic E-state index is 10.6. The van der Waals surface area contributed by atoms with Gasteiger partial charge in [0.1, 0.15) is 0 Å². The van der Waals surface area contributed by atoms with E-state index >= 15 is 0 Å². The summed E-state index contributed by atoms with van der Waals surface area (Å²) < 4.78 is 3.55. The monoisotopic (exact) mass is 155 g/mol. The minimum absolute atomic E-state index is 0.271. The average molecular weight is 155 g/mol. The van der Waals surface area contributed by atoms with Gasteiger partial charge in [0.25, 0.3) is 0 Å². The number of rotatable bonds is 2. The molecule has 0 saturated carbocycles. The summed E-state index contributed by atoms with van der Waals surface area (Å²) in [6.45, 7) is 3.28. The lowest BCUT2D eigenvalue weighted by atomic mass is 10.6. The van der Waals surface area contributed by atoms with Crippen LogP contribution >= 0.6 is 11.5 Å². The van der Waals surface area contributed by atoms with Gasteiger partial charge in [0, 0.05) is 0 Å². The van der Waals surface area contributed by atoms with E-state index < -0.39 is 0 Å². The van der Waals surface area contributed by atoms with Crippen LogP contribution in [0.3, 0.4) is 0 Å². The summed E-state index contributed by atoms with van der Waals surface area (Å²) in [4.78, 5) is 10.6. The predicted molar refractivity (Wildman–Crippen MR) is 38.7 cm³/mol. The molecule has 1 amide bonds. The molecule has 1 rings (SSSR count). The Morgan fingerprint density at radius 1 is 1.90 bits per heavy atom. The molecular formula is C5H5N3OS. The minimum atomic E-state index is -0.271. The Balaban J connectivity index is 2.56. The molecule has 0 bridgehead atoms. The van der Waals surface area contributed by atoms with Crippen molar-refractivity contribution in [1.29, 1.82) is 0 Å². The molecule has 1 aromatic rings. The van der Waals surface area contributed by atoms with E-state index in [1.165, 1.54) is 17.6 Å². The lowest BCUT2D eigenvalue weighted by Gasteiger charge is -1.91. The van der Waals surface area contributed by atoms with Gasteiger partial charge in [0.2, 0.25) is 5.91 Å². The van der Waals surface area contributed by atoms with E-state index in [0.29, 0.717) is 5.82 Å². The van der Waals surface area contributed by atoms with Crippen molar-refractivity contribution < 1.29 is 4.79 Å². The fourth-order valence-corrected chi connectivity index (χ4v) is 0.784. The smallest absolute Gasteiger partial charge is 0.248 e. The van der Waals surface area contributed by atoms with Crippen LogP contribution in [0.15, 0.2) is 18.0 Å². The summed E-state index contributed by atoms with van der Waals surface area (Å²) in [5.74, 6) is 0.197. The highest BCUT2D eigenvalue weighted by molar-refractivity contribution is 7.03. The van der Waals surface area contributed by atoms with Crippen molar-refractivity contribution >= 4 is 23.3 Å². The molecule has 1 N–H and O–H groups in total. The van der Waals surface area contributed by atoms with Crippen molar-refractivity contribution in [3.05, 3.63) is 18.0 Å². The lowest BCUT2D eigenvalue weighted by molar-refractivity contribution is -0.111. The molecule has 0 atom stereocenters. The van der Waals surface area contributed by atoms with Gasteiger partial charge in [-0.1, -0.05) is 11.1 Å². The first-order chi connectivity index (χ1) is 4.83. The zero-order chi connectivity index (χ0) is 7.40. The van der Waals surface area contributed by atoms with Gasteiger partial charge in [-0.15, -0.1) is 5.10 Å². The lowest BCUT2D eigenvalue weighted by Crippen LogP contribution is -2.07. The molecule has 5 heteroatoms. The SMILES string of the molecule is C=CC(=O)Nc1csnn1. The summed E-state index contributed by atoms with van der Waals surface area (Å²) in [6.07, 6.45) is 1.18. The van der Waals surface area contributed by atoms with Crippen LogP contribution < -0.4 is 5.32 Å². The third kappa shape index (κ3) is 1.63. The van der Waals surface area contributed by atoms with Crippen LogP contribution in [0, 0.1) is 0 Å². The van der Waals surface area contributed by atoms with Gasteiger partial charge in [-0.05, 0) is 17.6 Å². The highest BCUT2D eigenvalue weighted by Gasteiger charge is 1.97. The van der Waals surface area contributed by atoms with E-state index in [-0.39, 0.29) is 5.91 Å². The number of hydrogen-bond acceptors (Lipinski definition) is 4. The van der Waals surface area contributed by atoms with Crippen LogP contribution in [0.4, 0.5) is 5.82 Å². The molecule has 0 aliphatic rings. The molecule has 0 aliphatic carbocycles. The van der Waals surface area contributed by atoms with Crippen molar-refractivity contribution in [3.8, 4) is 0 Å². The Morgan fingerprint density at radius 2 is 2.70 bits per heavy atom. The van der Waals surface area contributed by atoms with Crippen LogP contribution in [-0.2, 0) is 4.79 Å². The largest absolute Gasteiger partial charge is 0.305 e. The van der Waals surface area contributed by atoms with Crippen LogP contribution in [0.2, 0.25) is 0 Å². The first kappa shape index (κ1) is 6.88. The molecule has 0 spiro atoms. The number of carbonyl (C=O) groups excluding carboxylic acids is 1. The van der Waals surface area contributed by atoms with Crippen LogP contribution in [0.25, 0.3) is 0 Å². The molecule has 0 unspecified atom stereocenters. The quantitative estimate of drug-likeness (QED) is 0.638. The first-order valence-corrected chi connectivity index (χ1v) is 3.37. The molecule has 0 fully saturated rings.